The standard InChI is InChI=1S/C18H25N5O5/c1-21-16-15(17(26)22(2)18(21)27)23(11-19-16)9-5-8-14(25)28-10-13(24)20-12-6-3-4-7-12/h11-12H,3-10H2,1-2H3,(H,20,24). The van der Waals surface area contributed by atoms with Gasteiger partial charge in [0.05, 0.1) is 6.33 Å². The molecule has 0 spiro atoms. The van der Waals surface area contributed by atoms with E-state index >= 15 is 0 Å². The van der Waals surface area contributed by atoms with Crippen molar-refractivity contribution in [2.75, 3.05) is 6.61 Å². The number of amides is 1. The Morgan fingerprint density at radius 2 is 1.93 bits per heavy atom. The van der Waals surface area contributed by atoms with Gasteiger partial charge in [-0.1, -0.05) is 12.8 Å². The molecule has 0 aliphatic heterocycles. The van der Waals surface area contributed by atoms with Gasteiger partial charge in [0.2, 0.25) is 0 Å². The van der Waals surface area contributed by atoms with Crippen molar-refractivity contribution in [3.05, 3.63) is 27.2 Å². The zero-order chi connectivity index (χ0) is 20.3. The van der Waals surface area contributed by atoms with Crippen LogP contribution in [0.25, 0.3) is 11.2 Å². The van der Waals surface area contributed by atoms with Crippen LogP contribution in [-0.4, -0.2) is 43.2 Å². The quantitative estimate of drug-likeness (QED) is 0.654. The van der Waals surface area contributed by atoms with Crippen molar-refractivity contribution in [3.63, 3.8) is 0 Å². The maximum Gasteiger partial charge on any atom is 0.332 e. The Morgan fingerprint density at radius 3 is 2.64 bits per heavy atom. The van der Waals surface area contributed by atoms with Gasteiger partial charge in [-0.15, -0.1) is 0 Å². The van der Waals surface area contributed by atoms with Crippen LogP contribution < -0.4 is 16.6 Å². The van der Waals surface area contributed by atoms with Gasteiger partial charge in [0.15, 0.2) is 17.8 Å². The van der Waals surface area contributed by atoms with Crippen LogP contribution in [0.5, 0.6) is 0 Å². The summed E-state index contributed by atoms with van der Waals surface area (Å²) in [6, 6.07) is 0.194. The van der Waals surface area contributed by atoms with E-state index in [2.05, 4.69) is 10.3 Å². The minimum absolute atomic E-state index is 0.114. The molecule has 2 aromatic rings. The van der Waals surface area contributed by atoms with Crippen molar-refractivity contribution in [1.82, 2.24) is 24.0 Å². The third kappa shape index (κ3) is 4.15. The Kier molecular flexibility index (Phi) is 5.96. The molecule has 28 heavy (non-hydrogen) atoms. The molecule has 1 aliphatic carbocycles. The number of esters is 1. The summed E-state index contributed by atoms with van der Waals surface area (Å²) in [6.07, 6.45) is 6.19. The molecular formula is C18H25N5O5. The Balaban J connectivity index is 1.51. The van der Waals surface area contributed by atoms with Crippen LogP contribution in [0, 0.1) is 0 Å². The van der Waals surface area contributed by atoms with Crippen LogP contribution >= 0.6 is 0 Å². The molecule has 1 saturated carbocycles. The van der Waals surface area contributed by atoms with E-state index in [-0.39, 0.29) is 25.0 Å². The number of aromatic nitrogens is 4. The van der Waals surface area contributed by atoms with Crippen molar-refractivity contribution in [1.29, 1.82) is 0 Å². The van der Waals surface area contributed by atoms with Crippen LogP contribution in [0.2, 0.25) is 0 Å². The third-order valence-corrected chi connectivity index (χ3v) is 5.08. The van der Waals surface area contributed by atoms with Gasteiger partial charge in [0, 0.05) is 33.1 Å². The summed E-state index contributed by atoms with van der Waals surface area (Å²) in [5.74, 6) is -0.739. The van der Waals surface area contributed by atoms with Gasteiger partial charge in [-0.25, -0.2) is 9.78 Å². The smallest absolute Gasteiger partial charge is 0.332 e. The topological polar surface area (TPSA) is 117 Å². The fourth-order valence-electron chi connectivity index (χ4n) is 3.52. The number of imidazole rings is 1. The number of ether oxygens (including phenoxy) is 1. The summed E-state index contributed by atoms with van der Waals surface area (Å²) >= 11 is 0. The van der Waals surface area contributed by atoms with Gasteiger partial charge in [-0.3, -0.25) is 23.5 Å². The molecule has 0 saturated heterocycles. The monoisotopic (exact) mass is 391 g/mol. The highest BCUT2D eigenvalue weighted by Crippen LogP contribution is 2.17. The molecule has 0 aromatic carbocycles. The first-order valence-corrected chi connectivity index (χ1v) is 9.44. The van der Waals surface area contributed by atoms with Gasteiger partial charge in [-0.05, 0) is 19.3 Å². The van der Waals surface area contributed by atoms with Crippen LogP contribution in [0.15, 0.2) is 15.9 Å². The highest BCUT2D eigenvalue weighted by atomic mass is 16.5. The minimum Gasteiger partial charge on any atom is -0.456 e. The molecule has 10 nitrogen and oxygen atoms in total. The van der Waals surface area contributed by atoms with Crippen LogP contribution in [0.4, 0.5) is 0 Å². The van der Waals surface area contributed by atoms with Gasteiger partial charge >= 0.3 is 11.7 Å². The van der Waals surface area contributed by atoms with Gasteiger partial charge in [-0.2, -0.15) is 0 Å². The second-order valence-electron chi connectivity index (χ2n) is 7.13. The Hall–Kier alpha value is -2.91. The first-order valence-electron chi connectivity index (χ1n) is 9.44. The largest absolute Gasteiger partial charge is 0.456 e. The summed E-state index contributed by atoms with van der Waals surface area (Å²) in [7, 11) is 2.96. The average molecular weight is 391 g/mol. The first-order chi connectivity index (χ1) is 13.4. The number of nitrogens with zero attached hydrogens (tertiary/aromatic N) is 4. The third-order valence-electron chi connectivity index (χ3n) is 5.08. The van der Waals surface area contributed by atoms with Crippen molar-refractivity contribution in [3.8, 4) is 0 Å². The lowest BCUT2D eigenvalue weighted by atomic mass is 10.2. The van der Waals surface area contributed by atoms with E-state index in [0.29, 0.717) is 24.1 Å². The molecule has 10 heteroatoms. The second kappa shape index (κ2) is 8.41. The Labute approximate surface area is 161 Å². The number of aryl methyl sites for hydroxylation is 2. The lowest BCUT2D eigenvalue weighted by Crippen LogP contribution is -2.37. The number of nitrogens with one attached hydrogen (secondary N) is 1. The number of hydrogen-bond donors (Lipinski definition) is 1. The van der Waals surface area contributed by atoms with Gasteiger partial charge < -0.3 is 14.6 Å². The highest BCUT2D eigenvalue weighted by Gasteiger charge is 2.18. The van der Waals surface area contributed by atoms with E-state index in [1.165, 1.54) is 17.9 Å². The average Bonchev–Trinajstić information content (AvgIpc) is 3.33. The predicted octanol–water partition coefficient (Wildman–Crippen LogP) is -0.184. The maximum absolute atomic E-state index is 12.4. The lowest BCUT2D eigenvalue weighted by Gasteiger charge is -2.12. The molecule has 1 amide bonds. The molecule has 0 bridgehead atoms. The number of fused-ring (bicyclic) bond motifs is 1. The van der Waals surface area contributed by atoms with Crippen LogP contribution in [-0.2, 0) is 35.0 Å². The first kappa shape index (κ1) is 19.8. The molecule has 2 heterocycles. The summed E-state index contributed by atoms with van der Waals surface area (Å²) < 4.78 is 8.97. The van der Waals surface area contributed by atoms with E-state index in [1.807, 2.05) is 0 Å². The zero-order valence-corrected chi connectivity index (χ0v) is 16.1. The number of hydrogen-bond acceptors (Lipinski definition) is 6. The fraction of sp³-hybridized carbons (Fsp3) is 0.611. The summed E-state index contributed by atoms with van der Waals surface area (Å²) in [6.45, 7) is 0.0965. The van der Waals surface area contributed by atoms with Gasteiger partial charge in [0.1, 0.15) is 0 Å². The molecular weight excluding hydrogens is 366 g/mol. The van der Waals surface area contributed by atoms with Crippen molar-refractivity contribution in [2.45, 2.75) is 51.1 Å². The van der Waals surface area contributed by atoms with E-state index in [1.54, 1.807) is 11.6 Å². The van der Waals surface area contributed by atoms with Crippen molar-refractivity contribution >= 4 is 23.0 Å². The van der Waals surface area contributed by atoms with Crippen molar-refractivity contribution in [2.24, 2.45) is 14.1 Å². The Bertz CT molecular complexity index is 996. The van der Waals surface area contributed by atoms with Crippen molar-refractivity contribution < 1.29 is 14.3 Å². The van der Waals surface area contributed by atoms with Crippen LogP contribution in [0.3, 0.4) is 0 Å². The summed E-state index contributed by atoms with van der Waals surface area (Å²) in [5, 5.41) is 2.86. The fourth-order valence-corrected chi connectivity index (χ4v) is 3.52. The zero-order valence-electron chi connectivity index (χ0n) is 16.1. The van der Waals surface area contributed by atoms with E-state index in [0.717, 1.165) is 30.3 Å². The molecule has 0 radical (unpaired) electrons. The van der Waals surface area contributed by atoms with E-state index in [9.17, 15) is 19.2 Å². The van der Waals surface area contributed by atoms with Crippen LogP contribution in [0.1, 0.15) is 38.5 Å². The molecule has 1 N–H and O–H groups in total. The molecule has 2 aromatic heterocycles. The molecule has 152 valence electrons. The Morgan fingerprint density at radius 1 is 1.21 bits per heavy atom. The number of carbonyl (C=O) groups is 2. The molecule has 1 fully saturated rings. The number of rotatable bonds is 7. The minimum atomic E-state index is -0.466. The highest BCUT2D eigenvalue weighted by molar-refractivity contribution is 5.80. The normalized spacial score (nSPS) is 14.5. The molecule has 0 atom stereocenters. The predicted molar refractivity (Wildman–Crippen MR) is 101 cm³/mol. The molecule has 1 aliphatic rings. The van der Waals surface area contributed by atoms with E-state index in [4.69, 9.17) is 4.74 Å². The number of carbonyl (C=O) groups excluding carboxylic acids is 2. The lowest BCUT2D eigenvalue weighted by molar-refractivity contribution is -0.148. The molecule has 0 unspecified atom stereocenters. The SMILES string of the molecule is Cn1c(=O)c2c(ncn2CCCC(=O)OCC(=O)NC2CCCC2)n(C)c1=O. The summed E-state index contributed by atoms with van der Waals surface area (Å²) in [4.78, 5) is 52.0. The summed E-state index contributed by atoms with van der Waals surface area (Å²) in [5.41, 5.74) is -0.253. The maximum atomic E-state index is 12.4. The van der Waals surface area contributed by atoms with Gasteiger partial charge in [0.25, 0.3) is 11.5 Å². The molecule has 3 rings (SSSR count). The van der Waals surface area contributed by atoms with E-state index < -0.39 is 17.2 Å². The second-order valence-corrected chi connectivity index (χ2v) is 7.13.